The SMILES string of the molecule is O=C(O)c1cn(C2CC2)c2cc(N3CCN(Cc4ccco4)CC3)c(F)cc2c1=O. The first-order valence-electron chi connectivity index (χ1n) is 10.1. The molecule has 2 aliphatic rings. The van der Waals surface area contributed by atoms with Crippen molar-refractivity contribution in [3.8, 4) is 0 Å². The molecule has 0 radical (unpaired) electrons. The van der Waals surface area contributed by atoms with Gasteiger partial charge in [-0.05, 0) is 37.1 Å². The van der Waals surface area contributed by atoms with Crippen molar-refractivity contribution in [2.45, 2.75) is 25.4 Å². The molecule has 8 heteroatoms. The second-order valence-corrected chi connectivity index (χ2v) is 7.98. The normalized spacial score (nSPS) is 17.6. The molecule has 0 spiro atoms. The summed E-state index contributed by atoms with van der Waals surface area (Å²) in [5.41, 5.74) is 0.107. The lowest BCUT2D eigenvalue weighted by molar-refractivity contribution is 0.0695. The van der Waals surface area contributed by atoms with E-state index in [4.69, 9.17) is 4.42 Å². The van der Waals surface area contributed by atoms with Gasteiger partial charge in [0.15, 0.2) is 0 Å². The van der Waals surface area contributed by atoms with E-state index in [1.54, 1.807) is 12.3 Å². The van der Waals surface area contributed by atoms with Gasteiger partial charge >= 0.3 is 5.97 Å². The molecule has 1 saturated carbocycles. The highest BCUT2D eigenvalue weighted by Crippen LogP contribution is 2.38. The van der Waals surface area contributed by atoms with E-state index < -0.39 is 17.2 Å². The summed E-state index contributed by atoms with van der Waals surface area (Å²) >= 11 is 0. The molecule has 2 aromatic heterocycles. The van der Waals surface area contributed by atoms with E-state index in [0.717, 1.165) is 38.2 Å². The summed E-state index contributed by atoms with van der Waals surface area (Å²) in [4.78, 5) is 28.3. The van der Waals surface area contributed by atoms with Crippen LogP contribution in [0.4, 0.5) is 10.1 Å². The fraction of sp³-hybridized carbons (Fsp3) is 0.364. The van der Waals surface area contributed by atoms with Crippen LogP contribution in [-0.2, 0) is 6.54 Å². The largest absolute Gasteiger partial charge is 0.477 e. The van der Waals surface area contributed by atoms with Gasteiger partial charge in [0.1, 0.15) is 17.1 Å². The van der Waals surface area contributed by atoms with Crippen molar-refractivity contribution in [1.29, 1.82) is 0 Å². The van der Waals surface area contributed by atoms with Crippen molar-refractivity contribution in [2.24, 2.45) is 0 Å². The highest BCUT2D eigenvalue weighted by Gasteiger charge is 2.28. The van der Waals surface area contributed by atoms with Crippen molar-refractivity contribution < 1.29 is 18.7 Å². The Balaban J connectivity index is 1.46. The van der Waals surface area contributed by atoms with E-state index in [-0.39, 0.29) is 17.0 Å². The maximum Gasteiger partial charge on any atom is 0.341 e. The number of benzene rings is 1. The molecule has 1 aliphatic heterocycles. The van der Waals surface area contributed by atoms with E-state index >= 15 is 4.39 Å². The van der Waals surface area contributed by atoms with E-state index in [1.807, 2.05) is 21.6 Å². The molecule has 156 valence electrons. The van der Waals surface area contributed by atoms with E-state index in [0.29, 0.717) is 24.3 Å². The lowest BCUT2D eigenvalue weighted by Gasteiger charge is -2.36. The lowest BCUT2D eigenvalue weighted by Crippen LogP contribution is -2.46. The quantitative estimate of drug-likeness (QED) is 0.695. The lowest BCUT2D eigenvalue weighted by atomic mass is 10.1. The summed E-state index contributed by atoms with van der Waals surface area (Å²) in [6, 6.07) is 6.88. The van der Waals surface area contributed by atoms with Crippen molar-refractivity contribution in [3.05, 3.63) is 64.1 Å². The third-order valence-corrected chi connectivity index (χ3v) is 5.94. The fourth-order valence-corrected chi connectivity index (χ4v) is 4.18. The highest BCUT2D eigenvalue weighted by molar-refractivity contribution is 5.93. The molecular weight excluding hydrogens is 389 g/mol. The van der Waals surface area contributed by atoms with Crippen molar-refractivity contribution >= 4 is 22.6 Å². The number of nitrogens with zero attached hydrogens (tertiary/aromatic N) is 3. The summed E-state index contributed by atoms with van der Waals surface area (Å²) in [5.74, 6) is -0.875. The zero-order chi connectivity index (χ0) is 20.8. The molecule has 2 fully saturated rings. The Hall–Kier alpha value is -3.13. The number of carboxylic acid groups (broad SMARTS) is 1. The molecular formula is C22H22FN3O4. The van der Waals surface area contributed by atoms with Crippen LogP contribution >= 0.6 is 0 Å². The minimum Gasteiger partial charge on any atom is -0.477 e. The third-order valence-electron chi connectivity index (χ3n) is 5.94. The van der Waals surface area contributed by atoms with Gasteiger partial charge in [-0.2, -0.15) is 0 Å². The van der Waals surface area contributed by atoms with Crippen LogP contribution in [-0.4, -0.2) is 46.7 Å². The summed E-state index contributed by atoms with van der Waals surface area (Å²) in [7, 11) is 0. The van der Waals surface area contributed by atoms with Gasteiger partial charge in [-0.25, -0.2) is 9.18 Å². The summed E-state index contributed by atoms with van der Waals surface area (Å²) in [6.45, 7) is 3.57. The maximum absolute atomic E-state index is 15.0. The number of fused-ring (bicyclic) bond motifs is 1. The number of carbonyl (C=O) groups is 1. The predicted octanol–water partition coefficient (Wildman–Crippen LogP) is 3.09. The molecule has 1 saturated heterocycles. The van der Waals surface area contributed by atoms with Crippen molar-refractivity contribution in [1.82, 2.24) is 9.47 Å². The Morgan fingerprint density at radius 3 is 2.60 bits per heavy atom. The van der Waals surface area contributed by atoms with Crippen LogP contribution in [0.5, 0.6) is 0 Å². The number of furan rings is 1. The Bertz CT molecular complexity index is 1160. The number of hydrogen-bond acceptors (Lipinski definition) is 5. The Labute approximate surface area is 171 Å². The van der Waals surface area contributed by atoms with Gasteiger partial charge in [-0.1, -0.05) is 0 Å². The monoisotopic (exact) mass is 411 g/mol. The number of pyridine rings is 1. The van der Waals surface area contributed by atoms with E-state index in [2.05, 4.69) is 4.90 Å². The molecule has 30 heavy (non-hydrogen) atoms. The summed E-state index contributed by atoms with van der Waals surface area (Å²) in [6.07, 6.45) is 4.92. The number of rotatable bonds is 5. The van der Waals surface area contributed by atoms with E-state index in [9.17, 15) is 14.7 Å². The number of aromatic nitrogens is 1. The Morgan fingerprint density at radius 2 is 1.97 bits per heavy atom. The molecule has 5 rings (SSSR count). The van der Waals surface area contributed by atoms with Crippen LogP contribution in [0, 0.1) is 5.82 Å². The average molecular weight is 411 g/mol. The molecule has 3 aromatic rings. The minimum atomic E-state index is -1.28. The summed E-state index contributed by atoms with van der Waals surface area (Å²) in [5, 5.41) is 9.49. The number of carboxylic acids is 1. The first-order valence-corrected chi connectivity index (χ1v) is 10.1. The van der Waals surface area contributed by atoms with Crippen LogP contribution in [0.1, 0.15) is 35.0 Å². The van der Waals surface area contributed by atoms with Gasteiger partial charge in [0, 0.05) is 43.8 Å². The molecule has 1 N–H and O–H groups in total. The van der Waals surface area contributed by atoms with Gasteiger partial charge in [-0.3, -0.25) is 9.69 Å². The number of anilines is 1. The second-order valence-electron chi connectivity index (χ2n) is 7.98. The molecule has 3 heterocycles. The fourth-order valence-electron chi connectivity index (χ4n) is 4.18. The molecule has 7 nitrogen and oxygen atoms in total. The molecule has 1 aliphatic carbocycles. The standard InChI is InChI=1S/C22H22FN3O4/c23-18-10-16-19(26(14-3-4-14)13-17(21(16)27)22(28)29)11-20(18)25-7-5-24(6-8-25)12-15-2-1-9-30-15/h1-2,9-11,13-14H,3-8,12H2,(H,28,29). The van der Waals surface area contributed by atoms with Crippen LogP contribution in [0.25, 0.3) is 10.9 Å². The minimum absolute atomic E-state index is 0.125. The zero-order valence-electron chi connectivity index (χ0n) is 16.4. The van der Waals surface area contributed by atoms with E-state index in [1.165, 1.54) is 12.3 Å². The van der Waals surface area contributed by atoms with Crippen molar-refractivity contribution in [2.75, 3.05) is 31.1 Å². The molecule has 0 amide bonds. The van der Waals surface area contributed by atoms with Crippen LogP contribution in [0.3, 0.4) is 0 Å². The summed E-state index contributed by atoms with van der Waals surface area (Å²) < 4.78 is 22.2. The van der Waals surface area contributed by atoms with Crippen LogP contribution in [0.2, 0.25) is 0 Å². The first kappa shape index (κ1) is 18.9. The van der Waals surface area contributed by atoms with Gasteiger partial charge in [0.05, 0.1) is 24.0 Å². The molecule has 0 bridgehead atoms. The van der Waals surface area contributed by atoms with Gasteiger partial charge in [0.2, 0.25) is 5.43 Å². The van der Waals surface area contributed by atoms with Gasteiger partial charge in [-0.15, -0.1) is 0 Å². The van der Waals surface area contributed by atoms with Gasteiger partial charge < -0.3 is 19.0 Å². The van der Waals surface area contributed by atoms with Crippen LogP contribution in [0.15, 0.2) is 45.9 Å². The number of hydrogen-bond donors (Lipinski definition) is 1. The molecule has 0 unspecified atom stereocenters. The second kappa shape index (κ2) is 7.28. The smallest absolute Gasteiger partial charge is 0.341 e. The third kappa shape index (κ3) is 3.37. The predicted molar refractivity (Wildman–Crippen MR) is 110 cm³/mol. The molecule has 0 atom stereocenters. The highest BCUT2D eigenvalue weighted by atomic mass is 19.1. The first-order chi connectivity index (χ1) is 14.5. The number of halogens is 1. The topological polar surface area (TPSA) is 78.9 Å². The molecule has 1 aromatic carbocycles. The zero-order valence-corrected chi connectivity index (χ0v) is 16.4. The number of aromatic carboxylic acids is 1. The average Bonchev–Trinajstić information content (AvgIpc) is 3.45. The maximum atomic E-state index is 15.0. The Morgan fingerprint density at radius 1 is 1.20 bits per heavy atom. The van der Waals surface area contributed by atoms with Crippen molar-refractivity contribution in [3.63, 3.8) is 0 Å². The van der Waals surface area contributed by atoms with Gasteiger partial charge in [0.25, 0.3) is 0 Å². The number of piperazine rings is 1. The van der Waals surface area contributed by atoms with Crippen LogP contribution < -0.4 is 10.3 Å². The Kier molecular flexibility index (Phi) is 4.58.